The first-order valence-electron chi connectivity index (χ1n) is 13.2. The minimum absolute atomic E-state index is 0.0484. The molecule has 3 aromatic rings. The molecule has 1 aliphatic rings. The van der Waals surface area contributed by atoms with Gasteiger partial charge in [-0.25, -0.2) is 0 Å². The number of carbonyl (C=O) groups is 4. The van der Waals surface area contributed by atoms with Crippen LogP contribution in [0.5, 0.6) is 28.7 Å². The van der Waals surface area contributed by atoms with E-state index < -0.39 is 107 Å². The van der Waals surface area contributed by atoms with Crippen LogP contribution in [0.3, 0.4) is 0 Å². The number of hydrogen-bond donors (Lipinski definition) is 4. The van der Waals surface area contributed by atoms with E-state index in [1.165, 1.54) is 6.07 Å². The maximum absolute atomic E-state index is 12.8. The molecule has 240 valence electrons. The zero-order valence-corrected chi connectivity index (χ0v) is 24.2. The van der Waals surface area contributed by atoms with Crippen molar-refractivity contribution in [2.75, 3.05) is 6.61 Å². The molecule has 0 bridgehead atoms. The van der Waals surface area contributed by atoms with Crippen molar-refractivity contribution < 1.29 is 72.4 Å². The SMILES string of the molecule is CC(=O)OC[C@H]1O[C@@H](Oc2cc(-c3oc4cc(O)cc(O)c4c(=O)c3O)ccc2O)[C@H](OC(C)=O)[C@@H](OC(C)=O)[C@@H]1OC(C)=O. The molecule has 2 aromatic carbocycles. The highest BCUT2D eigenvalue weighted by molar-refractivity contribution is 5.88. The zero-order chi connectivity index (χ0) is 33.2. The Bertz CT molecular complexity index is 1710. The second kappa shape index (κ2) is 13.0. The Labute approximate surface area is 253 Å². The molecule has 1 saturated heterocycles. The van der Waals surface area contributed by atoms with Crippen LogP contribution in [-0.4, -0.2) is 81.6 Å². The average molecular weight is 633 g/mol. The van der Waals surface area contributed by atoms with E-state index in [9.17, 15) is 44.4 Å². The van der Waals surface area contributed by atoms with E-state index in [2.05, 4.69) is 0 Å². The summed E-state index contributed by atoms with van der Waals surface area (Å²) in [5, 5.41) is 40.8. The largest absolute Gasteiger partial charge is 0.508 e. The van der Waals surface area contributed by atoms with Gasteiger partial charge in [-0.1, -0.05) is 0 Å². The summed E-state index contributed by atoms with van der Waals surface area (Å²) in [6, 6.07) is 5.37. The van der Waals surface area contributed by atoms with Crippen LogP contribution in [0.4, 0.5) is 0 Å². The molecule has 0 amide bonds. The van der Waals surface area contributed by atoms with Crippen molar-refractivity contribution in [3.05, 3.63) is 40.6 Å². The number of esters is 4. The van der Waals surface area contributed by atoms with Crippen LogP contribution < -0.4 is 10.2 Å². The summed E-state index contributed by atoms with van der Waals surface area (Å²) in [6.45, 7) is 3.71. The van der Waals surface area contributed by atoms with Gasteiger partial charge in [-0.3, -0.25) is 24.0 Å². The van der Waals surface area contributed by atoms with Gasteiger partial charge in [0.2, 0.25) is 23.6 Å². The van der Waals surface area contributed by atoms with Crippen LogP contribution in [0.25, 0.3) is 22.3 Å². The lowest BCUT2D eigenvalue weighted by molar-refractivity contribution is -0.288. The van der Waals surface area contributed by atoms with E-state index in [0.717, 1.165) is 52.0 Å². The first-order chi connectivity index (χ1) is 21.2. The lowest BCUT2D eigenvalue weighted by atomic mass is 9.98. The molecule has 16 heteroatoms. The standard InChI is InChI=1S/C29H28O16/c1-11(30)39-10-21-26(40-12(2)31)27(41-13(3)32)28(42-14(4)33)29(45-21)44-19-7-15(5-6-17(19)35)25-24(38)23(37)22-18(36)8-16(34)9-20(22)43-25/h5-9,21,26-29,34-36,38H,10H2,1-4H3/t21-,26-,27+,28-,29-/m1/s1. The normalized spacial score (nSPS) is 21.0. The predicted molar refractivity (Wildman–Crippen MR) is 147 cm³/mol. The first-order valence-corrected chi connectivity index (χ1v) is 13.2. The molecule has 4 rings (SSSR count). The van der Waals surface area contributed by atoms with Gasteiger partial charge in [-0.15, -0.1) is 0 Å². The van der Waals surface area contributed by atoms with Gasteiger partial charge in [0.1, 0.15) is 35.2 Å². The van der Waals surface area contributed by atoms with Crippen molar-refractivity contribution in [2.24, 2.45) is 0 Å². The van der Waals surface area contributed by atoms with Crippen molar-refractivity contribution in [1.29, 1.82) is 0 Å². The maximum atomic E-state index is 12.8. The molecule has 0 unspecified atom stereocenters. The number of phenols is 3. The summed E-state index contributed by atoms with van der Waals surface area (Å²) in [5.41, 5.74) is -1.35. The Morgan fingerprint density at radius 2 is 1.40 bits per heavy atom. The van der Waals surface area contributed by atoms with Gasteiger partial charge in [-0.05, 0) is 18.2 Å². The van der Waals surface area contributed by atoms with Gasteiger partial charge < -0.3 is 53.3 Å². The van der Waals surface area contributed by atoms with Crippen molar-refractivity contribution in [3.8, 4) is 40.1 Å². The molecule has 0 aliphatic carbocycles. The topological polar surface area (TPSA) is 235 Å². The fourth-order valence-corrected chi connectivity index (χ4v) is 4.63. The molecule has 1 aliphatic heterocycles. The molecule has 0 saturated carbocycles. The molecule has 0 spiro atoms. The van der Waals surface area contributed by atoms with Crippen molar-refractivity contribution in [2.45, 2.75) is 58.4 Å². The Kier molecular flexibility index (Phi) is 9.37. The average Bonchev–Trinajstić information content (AvgIpc) is 2.93. The molecular weight excluding hydrogens is 604 g/mol. The zero-order valence-electron chi connectivity index (χ0n) is 24.2. The Morgan fingerprint density at radius 1 is 0.778 bits per heavy atom. The lowest BCUT2D eigenvalue weighted by Gasteiger charge is -2.43. The third kappa shape index (κ3) is 7.18. The maximum Gasteiger partial charge on any atom is 0.303 e. The highest BCUT2D eigenvalue weighted by Crippen LogP contribution is 2.40. The molecule has 16 nitrogen and oxygen atoms in total. The quantitative estimate of drug-likeness (QED) is 0.204. The van der Waals surface area contributed by atoms with Crippen LogP contribution in [0.15, 0.2) is 39.5 Å². The number of rotatable bonds is 8. The van der Waals surface area contributed by atoms with E-state index in [1.807, 2.05) is 0 Å². The van der Waals surface area contributed by atoms with Gasteiger partial charge in [0.25, 0.3) is 0 Å². The minimum atomic E-state index is -1.71. The van der Waals surface area contributed by atoms with Gasteiger partial charge in [-0.2, -0.15) is 0 Å². The second-order valence-corrected chi connectivity index (χ2v) is 9.81. The van der Waals surface area contributed by atoms with Crippen molar-refractivity contribution in [3.63, 3.8) is 0 Å². The summed E-state index contributed by atoms with van der Waals surface area (Å²) >= 11 is 0. The fraction of sp³-hybridized carbons (Fsp3) is 0.345. The smallest absolute Gasteiger partial charge is 0.303 e. The molecule has 1 aromatic heterocycles. The summed E-state index contributed by atoms with van der Waals surface area (Å²) in [4.78, 5) is 60.5. The molecule has 0 radical (unpaired) electrons. The Balaban J connectivity index is 1.79. The van der Waals surface area contributed by atoms with Crippen LogP contribution in [0.1, 0.15) is 27.7 Å². The fourth-order valence-electron chi connectivity index (χ4n) is 4.63. The Hall–Kier alpha value is -5.51. The molecule has 5 atom stereocenters. The van der Waals surface area contributed by atoms with E-state index in [-0.39, 0.29) is 11.1 Å². The van der Waals surface area contributed by atoms with E-state index in [4.69, 9.17) is 32.8 Å². The van der Waals surface area contributed by atoms with Gasteiger partial charge in [0, 0.05) is 45.4 Å². The predicted octanol–water partition coefficient (Wildman–Crippen LogP) is 1.74. The van der Waals surface area contributed by atoms with Crippen LogP contribution in [0, 0.1) is 0 Å². The number of ether oxygens (including phenoxy) is 6. The third-order valence-corrected chi connectivity index (χ3v) is 6.35. The molecule has 4 N–H and O–H groups in total. The molecule has 2 heterocycles. The van der Waals surface area contributed by atoms with Crippen LogP contribution >= 0.6 is 0 Å². The Morgan fingerprint density at radius 3 is 2.02 bits per heavy atom. The monoisotopic (exact) mass is 632 g/mol. The molecule has 45 heavy (non-hydrogen) atoms. The summed E-state index contributed by atoms with van der Waals surface area (Å²) in [6.07, 6.45) is -7.68. The number of phenolic OH excluding ortho intramolecular Hbond substituents is 3. The number of aromatic hydroxyl groups is 4. The number of fused-ring (bicyclic) bond motifs is 1. The van der Waals surface area contributed by atoms with Gasteiger partial charge in [0.05, 0.1) is 0 Å². The van der Waals surface area contributed by atoms with Gasteiger partial charge in [0.15, 0.2) is 29.5 Å². The highest BCUT2D eigenvalue weighted by atomic mass is 16.7. The van der Waals surface area contributed by atoms with E-state index >= 15 is 0 Å². The highest BCUT2D eigenvalue weighted by Gasteiger charge is 2.53. The van der Waals surface area contributed by atoms with E-state index in [0.29, 0.717) is 0 Å². The van der Waals surface area contributed by atoms with Crippen molar-refractivity contribution >= 4 is 34.8 Å². The van der Waals surface area contributed by atoms with Crippen molar-refractivity contribution in [1.82, 2.24) is 0 Å². The summed E-state index contributed by atoms with van der Waals surface area (Å²) < 4.78 is 38.4. The first kappa shape index (κ1) is 32.4. The van der Waals surface area contributed by atoms with E-state index in [1.54, 1.807) is 0 Å². The lowest BCUT2D eigenvalue weighted by Crippen LogP contribution is -2.63. The third-order valence-electron chi connectivity index (χ3n) is 6.35. The van der Waals surface area contributed by atoms with Crippen LogP contribution in [-0.2, 0) is 42.9 Å². The number of benzene rings is 2. The minimum Gasteiger partial charge on any atom is -0.508 e. The summed E-state index contributed by atoms with van der Waals surface area (Å²) in [7, 11) is 0. The second-order valence-electron chi connectivity index (χ2n) is 9.81. The summed E-state index contributed by atoms with van der Waals surface area (Å²) in [5.74, 6) is -6.68. The van der Waals surface area contributed by atoms with Gasteiger partial charge >= 0.3 is 23.9 Å². The van der Waals surface area contributed by atoms with Crippen LogP contribution in [0.2, 0.25) is 0 Å². The number of carbonyl (C=O) groups excluding carboxylic acids is 4. The molecular formula is C29H28O16. The number of hydrogen-bond acceptors (Lipinski definition) is 16. The molecule has 1 fully saturated rings.